The molecule has 0 spiro atoms. The molecule has 8 nitrogen and oxygen atoms in total. The van der Waals surface area contributed by atoms with Gasteiger partial charge in [0.25, 0.3) is 0 Å². The first kappa shape index (κ1) is 20.1. The highest BCUT2D eigenvalue weighted by Crippen LogP contribution is 2.36. The number of nitriles is 1. The van der Waals surface area contributed by atoms with Crippen molar-refractivity contribution in [2.75, 3.05) is 24.6 Å². The minimum Gasteiger partial charge on any atom is -0.492 e. The second kappa shape index (κ2) is 7.68. The molecule has 6 heterocycles. The molecule has 3 saturated heterocycles. The van der Waals surface area contributed by atoms with Gasteiger partial charge in [-0.05, 0) is 38.5 Å². The monoisotopic (exact) mass is 428 g/mol. The predicted octanol–water partition coefficient (Wildman–Crippen LogP) is 3.03. The van der Waals surface area contributed by atoms with Crippen molar-refractivity contribution in [3.05, 3.63) is 54.5 Å². The molecule has 3 fully saturated rings. The van der Waals surface area contributed by atoms with Gasteiger partial charge in [-0.2, -0.15) is 10.4 Å². The van der Waals surface area contributed by atoms with Gasteiger partial charge < -0.3 is 14.5 Å². The molecule has 0 N–H and O–H groups in total. The van der Waals surface area contributed by atoms with Gasteiger partial charge in [-0.25, -0.2) is 9.50 Å². The minimum absolute atomic E-state index is 0.0570. The first-order valence-corrected chi connectivity index (χ1v) is 10.7. The van der Waals surface area contributed by atoms with E-state index in [0.29, 0.717) is 23.5 Å². The summed E-state index contributed by atoms with van der Waals surface area (Å²) in [6.45, 7) is 9.57. The highest BCUT2D eigenvalue weighted by atomic mass is 16.5. The number of piperazine rings is 1. The molecule has 2 atom stereocenters. The molecule has 0 aromatic carbocycles. The Morgan fingerprint density at radius 2 is 2.09 bits per heavy atom. The summed E-state index contributed by atoms with van der Waals surface area (Å²) in [6.07, 6.45) is 6.21. The molecule has 6 rings (SSSR count). The van der Waals surface area contributed by atoms with E-state index in [2.05, 4.69) is 22.6 Å². The van der Waals surface area contributed by atoms with Crippen LogP contribution in [0.15, 0.2) is 48.9 Å². The van der Waals surface area contributed by atoms with E-state index in [1.54, 1.807) is 23.8 Å². The summed E-state index contributed by atoms with van der Waals surface area (Å²) in [5.41, 5.74) is 3.57. The fourth-order valence-electron chi connectivity index (χ4n) is 4.73. The molecule has 2 bridgehead atoms. The predicted molar refractivity (Wildman–Crippen MR) is 120 cm³/mol. The van der Waals surface area contributed by atoms with Crippen molar-refractivity contribution in [1.82, 2.24) is 19.5 Å². The van der Waals surface area contributed by atoms with E-state index in [0.717, 1.165) is 42.0 Å². The molecular formula is C24H24N6O2. The summed E-state index contributed by atoms with van der Waals surface area (Å²) in [7, 11) is 0. The second-order valence-electron chi connectivity index (χ2n) is 8.33. The van der Waals surface area contributed by atoms with Crippen molar-refractivity contribution < 1.29 is 9.53 Å². The van der Waals surface area contributed by atoms with Crippen LogP contribution in [0.2, 0.25) is 0 Å². The van der Waals surface area contributed by atoms with E-state index in [1.807, 2.05) is 36.2 Å². The van der Waals surface area contributed by atoms with Crippen LogP contribution in [-0.4, -0.2) is 57.2 Å². The van der Waals surface area contributed by atoms with Crippen molar-refractivity contribution in [2.24, 2.45) is 0 Å². The fourth-order valence-corrected chi connectivity index (χ4v) is 4.73. The maximum absolute atomic E-state index is 12.3. The Hall–Kier alpha value is -3.86. The largest absolute Gasteiger partial charge is 0.492 e. The van der Waals surface area contributed by atoms with Crippen molar-refractivity contribution >= 4 is 17.2 Å². The second-order valence-corrected chi connectivity index (χ2v) is 8.33. The van der Waals surface area contributed by atoms with Gasteiger partial charge in [0.2, 0.25) is 5.91 Å². The van der Waals surface area contributed by atoms with Crippen LogP contribution < -0.4 is 9.64 Å². The van der Waals surface area contributed by atoms with E-state index in [-0.39, 0.29) is 18.0 Å². The lowest BCUT2D eigenvalue weighted by atomic mass is 9.86. The number of fused-ring (bicyclic) bond motifs is 3. The molecule has 32 heavy (non-hydrogen) atoms. The van der Waals surface area contributed by atoms with Gasteiger partial charge in [0.15, 0.2) is 0 Å². The number of aromatic nitrogens is 3. The average molecular weight is 428 g/mol. The number of anilines is 1. The molecule has 162 valence electrons. The number of piperidine rings is 1. The topological polar surface area (TPSA) is 86.8 Å². The molecule has 0 radical (unpaired) electrons. The highest BCUT2D eigenvalue weighted by Gasteiger charge is 2.47. The molecule has 3 aromatic rings. The lowest BCUT2D eigenvalue weighted by Gasteiger charge is -2.56. The van der Waals surface area contributed by atoms with Crippen LogP contribution in [0.1, 0.15) is 25.8 Å². The van der Waals surface area contributed by atoms with Gasteiger partial charge >= 0.3 is 0 Å². The van der Waals surface area contributed by atoms with E-state index < -0.39 is 0 Å². The smallest absolute Gasteiger partial charge is 0.249 e. The number of carbonyl (C=O) groups is 1. The van der Waals surface area contributed by atoms with Gasteiger partial charge in [-0.3, -0.25) is 4.79 Å². The van der Waals surface area contributed by atoms with E-state index in [4.69, 9.17) is 9.72 Å². The number of pyridine rings is 2. The van der Waals surface area contributed by atoms with Crippen molar-refractivity contribution in [3.63, 3.8) is 0 Å². The third-order valence-corrected chi connectivity index (χ3v) is 6.19. The van der Waals surface area contributed by atoms with Crippen LogP contribution in [0.3, 0.4) is 0 Å². The normalized spacial score (nSPS) is 19.4. The van der Waals surface area contributed by atoms with Crippen LogP contribution in [0.4, 0.5) is 5.82 Å². The summed E-state index contributed by atoms with van der Waals surface area (Å²) in [4.78, 5) is 21.3. The Balaban J connectivity index is 1.42. The number of carbonyl (C=O) groups excluding carboxylic acids is 1. The zero-order chi connectivity index (χ0) is 22.4. The van der Waals surface area contributed by atoms with E-state index in [1.165, 1.54) is 0 Å². The number of nitrogens with zero attached hydrogens (tertiary/aromatic N) is 6. The molecule has 1 amide bonds. The summed E-state index contributed by atoms with van der Waals surface area (Å²) >= 11 is 0. The van der Waals surface area contributed by atoms with Gasteiger partial charge in [-0.15, -0.1) is 0 Å². The number of rotatable bonds is 5. The Bertz CT molecular complexity index is 1240. The quantitative estimate of drug-likeness (QED) is 0.581. The Morgan fingerprint density at radius 3 is 2.72 bits per heavy atom. The van der Waals surface area contributed by atoms with Crippen molar-refractivity contribution in [2.45, 2.75) is 32.4 Å². The summed E-state index contributed by atoms with van der Waals surface area (Å²) in [5, 5.41) is 13.8. The molecule has 3 aromatic heterocycles. The summed E-state index contributed by atoms with van der Waals surface area (Å²) in [6, 6.07) is 8.58. The third kappa shape index (κ3) is 3.17. The van der Waals surface area contributed by atoms with Gasteiger partial charge in [0.05, 0.1) is 42.2 Å². The van der Waals surface area contributed by atoms with Crippen LogP contribution in [-0.2, 0) is 4.79 Å². The molecule has 8 heteroatoms. The molecule has 3 aliphatic heterocycles. The maximum Gasteiger partial charge on any atom is 0.249 e. The minimum atomic E-state index is 0.0570. The number of hydrogen-bond acceptors (Lipinski definition) is 6. The summed E-state index contributed by atoms with van der Waals surface area (Å²) < 4.78 is 7.37. The Kier molecular flexibility index (Phi) is 4.82. The fraction of sp³-hybridized carbons (Fsp3) is 0.333. The number of ether oxygens (including phenoxy) is 1. The standard InChI is InChI=1S/C24H24N6O2/c1-4-32-20-8-21(23-17(9-25)11-27-29(23)14-20)16-5-6-22(26-10-16)28-12-18-7-19(13-28)30(18)24(31)15(2)3/h5-6,8,10-11,14,18-19H,2,4,7,12-13H2,1,3H3. The van der Waals surface area contributed by atoms with Gasteiger partial charge in [-0.1, -0.05) is 6.58 Å². The van der Waals surface area contributed by atoms with Crippen LogP contribution in [0.25, 0.3) is 16.6 Å². The Morgan fingerprint density at radius 1 is 1.31 bits per heavy atom. The zero-order valence-corrected chi connectivity index (χ0v) is 18.2. The molecule has 3 aliphatic rings. The van der Waals surface area contributed by atoms with E-state index in [9.17, 15) is 10.1 Å². The van der Waals surface area contributed by atoms with Crippen LogP contribution in [0.5, 0.6) is 5.75 Å². The zero-order valence-electron chi connectivity index (χ0n) is 18.2. The maximum atomic E-state index is 12.3. The third-order valence-electron chi connectivity index (χ3n) is 6.19. The Labute approximate surface area is 186 Å². The lowest BCUT2D eigenvalue weighted by Crippen LogP contribution is -2.70. The number of hydrogen-bond donors (Lipinski definition) is 0. The van der Waals surface area contributed by atoms with Crippen LogP contribution >= 0.6 is 0 Å². The van der Waals surface area contributed by atoms with Crippen molar-refractivity contribution in [3.8, 4) is 22.9 Å². The van der Waals surface area contributed by atoms with Crippen LogP contribution in [0, 0.1) is 11.3 Å². The lowest BCUT2D eigenvalue weighted by molar-refractivity contribution is -0.141. The first-order chi connectivity index (χ1) is 15.5. The summed E-state index contributed by atoms with van der Waals surface area (Å²) in [5.74, 6) is 1.63. The molecule has 0 aliphatic carbocycles. The van der Waals surface area contributed by atoms with Gasteiger partial charge in [0.1, 0.15) is 17.6 Å². The van der Waals surface area contributed by atoms with E-state index >= 15 is 0 Å². The average Bonchev–Trinajstić information content (AvgIpc) is 3.22. The molecule has 0 saturated carbocycles. The number of amides is 1. The van der Waals surface area contributed by atoms with Gasteiger partial charge in [0, 0.05) is 36.0 Å². The first-order valence-electron chi connectivity index (χ1n) is 10.7. The molecular weight excluding hydrogens is 404 g/mol. The molecule has 2 unspecified atom stereocenters. The van der Waals surface area contributed by atoms with Crippen molar-refractivity contribution in [1.29, 1.82) is 5.26 Å². The SMILES string of the molecule is C=C(C)C(=O)N1C2CC1CN(c1ccc(-c3cc(OCC)cn4ncc(C#N)c34)cn1)C2. The highest BCUT2D eigenvalue weighted by molar-refractivity contribution is 5.93.